The maximum Gasteiger partial charge on any atom is 0.303 e. The molecule has 0 radical (unpaired) electrons. The van der Waals surface area contributed by atoms with Gasteiger partial charge in [0.25, 0.3) is 10.1 Å². The number of hydrogen-bond acceptors (Lipinski definition) is 8. The van der Waals surface area contributed by atoms with E-state index in [0.717, 1.165) is 66.7 Å². The van der Waals surface area contributed by atoms with Gasteiger partial charge in [0, 0.05) is 78.9 Å². The summed E-state index contributed by atoms with van der Waals surface area (Å²) in [6.45, 7) is 24.9. The van der Waals surface area contributed by atoms with E-state index < -0.39 is 32.3 Å². The summed E-state index contributed by atoms with van der Waals surface area (Å²) in [6.07, 6.45) is 13.8. The van der Waals surface area contributed by atoms with Crippen molar-refractivity contribution in [1.29, 1.82) is 0 Å². The van der Waals surface area contributed by atoms with Gasteiger partial charge >= 0.3 is 5.97 Å². The van der Waals surface area contributed by atoms with Gasteiger partial charge in [0.05, 0.1) is 21.3 Å². The molecule has 2 atom stereocenters. The fourth-order valence-electron chi connectivity index (χ4n) is 9.50. The molecule has 13 heteroatoms. The van der Waals surface area contributed by atoms with Gasteiger partial charge in [0.15, 0.2) is 5.71 Å². The van der Waals surface area contributed by atoms with Crippen molar-refractivity contribution in [2.24, 2.45) is 10.8 Å². The predicted molar refractivity (Wildman–Crippen MR) is 255 cm³/mol. The molecule has 5 N–H and O–H groups in total. The highest BCUT2D eigenvalue weighted by molar-refractivity contribution is 7.85. The number of hydrogen-bond donors (Lipinski definition) is 5. The van der Waals surface area contributed by atoms with Crippen LogP contribution in [0.2, 0.25) is 0 Å². The summed E-state index contributed by atoms with van der Waals surface area (Å²) in [5.74, 6) is -0.748. The van der Waals surface area contributed by atoms with Crippen molar-refractivity contribution in [2.75, 3.05) is 31.2 Å². The number of benzene rings is 2. The summed E-state index contributed by atoms with van der Waals surface area (Å²) < 4.78 is 42.3. The molecule has 1 amide bonds. The van der Waals surface area contributed by atoms with Crippen LogP contribution in [0.4, 0.5) is 11.4 Å². The SMILES string of the molecule is CC1/C(=C\C(C)(C)/C=C/C(C)(C)C2=[N+](CCCCCC(=O)NC(C)(C)CCOC(C)(C)C)c3ccc(O)cc3C2(C)CCCCCC(=O)O)N(CCCO)c2ccc(S(=O)(=O)O)cc21. The Labute approximate surface area is 383 Å². The smallest absolute Gasteiger partial charge is 0.303 e. The molecule has 2 heterocycles. The van der Waals surface area contributed by atoms with E-state index in [1.807, 2.05) is 53.7 Å². The zero-order valence-corrected chi connectivity index (χ0v) is 41.3. The van der Waals surface area contributed by atoms with E-state index in [0.29, 0.717) is 45.4 Å². The molecule has 2 unspecified atom stereocenters. The predicted octanol–water partition coefficient (Wildman–Crippen LogP) is 10.2. The molecule has 2 aliphatic rings. The topological polar surface area (TPSA) is 177 Å². The van der Waals surface area contributed by atoms with E-state index in [1.165, 1.54) is 11.8 Å². The lowest BCUT2D eigenvalue weighted by molar-refractivity contribution is -0.443. The Morgan fingerprint density at radius 3 is 2.22 bits per heavy atom. The number of aliphatic carboxylic acids is 1. The van der Waals surface area contributed by atoms with Crippen LogP contribution in [-0.4, -0.2) is 87.9 Å². The molecule has 0 spiro atoms. The van der Waals surface area contributed by atoms with Crippen LogP contribution in [0, 0.1) is 10.8 Å². The Kier molecular flexibility index (Phi) is 17.3. The minimum Gasteiger partial charge on any atom is -0.508 e. The monoisotopic (exact) mass is 909 g/mol. The van der Waals surface area contributed by atoms with Gasteiger partial charge in [-0.1, -0.05) is 51.8 Å². The van der Waals surface area contributed by atoms with Gasteiger partial charge in [-0.2, -0.15) is 13.0 Å². The van der Waals surface area contributed by atoms with Crippen LogP contribution >= 0.6 is 0 Å². The van der Waals surface area contributed by atoms with Crippen molar-refractivity contribution in [3.8, 4) is 5.75 Å². The third kappa shape index (κ3) is 14.0. The number of carbonyl (C=O) groups is 2. The first-order chi connectivity index (χ1) is 29.6. The van der Waals surface area contributed by atoms with Gasteiger partial charge in [-0.05, 0) is 130 Å². The Hall–Kier alpha value is -4.04. The third-order valence-electron chi connectivity index (χ3n) is 12.7. The maximum atomic E-state index is 13.1. The van der Waals surface area contributed by atoms with Crippen molar-refractivity contribution in [2.45, 2.75) is 174 Å². The number of amides is 1. The molecule has 0 aliphatic carbocycles. The summed E-state index contributed by atoms with van der Waals surface area (Å²) >= 11 is 0. The molecule has 2 aliphatic heterocycles. The normalized spacial score (nSPS) is 18.9. The van der Waals surface area contributed by atoms with Crippen molar-refractivity contribution in [3.63, 3.8) is 0 Å². The molecule has 2 aromatic rings. The first kappa shape index (κ1) is 52.6. The lowest BCUT2D eigenvalue weighted by Gasteiger charge is -2.32. The summed E-state index contributed by atoms with van der Waals surface area (Å²) in [7, 11) is -4.39. The van der Waals surface area contributed by atoms with E-state index in [9.17, 15) is 37.9 Å². The number of carboxylic acids is 1. The average Bonchev–Trinajstić information content (AvgIpc) is 3.57. The lowest BCUT2D eigenvalue weighted by atomic mass is 9.66. The number of aliphatic hydroxyl groups excluding tert-OH is 1. The molecule has 356 valence electrons. The number of carbonyl (C=O) groups excluding carboxylic acids is 1. The molecule has 64 heavy (non-hydrogen) atoms. The van der Waals surface area contributed by atoms with E-state index >= 15 is 0 Å². The number of unbranched alkanes of at least 4 members (excludes halogenated alkanes) is 4. The summed E-state index contributed by atoms with van der Waals surface area (Å²) in [4.78, 5) is 26.4. The van der Waals surface area contributed by atoms with E-state index in [1.54, 1.807) is 18.2 Å². The minimum atomic E-state index is -4.39. The van der Waals surface area contributed by atoms with Crippen LogP contribution in [0.1, 0.15) is 164 Å². The molecule has 4 rings (SSSR count). The highest BCUT2D eigenvalue weighted by atomic mass is 32.2. The van der Waals surface area contributed by atoms with Gasteiger partial charge in [-0.25, -0.2) is 0 Å². The number of ether oxygens (including phenoxy) is 1. The number of nitrogens with one attached hydrogen (secondary N) is 1. The first-order valence-electron chi connectivity index (χ1n) is 23.2. The largest absolute Gasteiger partial charge is 0.508 e. The standard InChI is InChI=1S/C51H77N3O9S/c1-36-39-34-38(64(60,61)62)22-24-41(39)53(30-18-31-55)43(36)35-48(5,6)26-27-49(7,8)46-51(11,25-16-12-15-20-45(58)59)40-33-37(56)21-23-42(40)54(46)29-17-13-14-19-44(57)52-50(9,10)28-32-63-47(2,3)4/h21-24,26-27,33-36,55H,12-20,25,28-32H2,1-11H3,(H3-,52,56,57,58,59,60,61,62)/p+1/b27-26+,43-35+. The second kappa shape index (κ2) is 21.1. The van der Waals surface area contributed by atoms with Crippen molar-refractivity contribution in [3.05, 3.63) is 71.5 Å². The Balaban J connectivity index is 1.65. The van der Waals surface area contributed by atoms with Crippen LogP contribution in [0.15, 0.2) is 65.2 Å². The number of allylic oxidation sites excluding steroid dienone is 4. The second-order valence-corrected chi connectivity index (χ2v) is 22.5. The number of rotatable bonds is 24. The number of aliphatic hydroxyl groups is 1. The molecule has 2 aromatic carbocycles. The van der Waals surface area contributed by atoms with Crippen molar-refractivity contribution < 1.29 is 47.2 Å². The molecule has 0 fully saturated rings. The van der Waals surface area contributed by atoms with E-state index in [-0.39, 0.29) is 46.6 Å². The molecule has 12 nitrogen and oxygen atoms in total. The van der Waals surface area contributed by atoms with Crippen molar-refractivity contribution in [1.82, 2.24) is 5.32 Å². The number of nitrogens with zero attached hydrogens (tertiary/aromatic N) is 2. The number of fused-ring (bicyclic) bond motifs is 2. The highest BCUT2D eigenvalue weighted by Gasteiger charge is 2.54. The number of aromatic hydroxyl groups is 1. The minimum absolute atomic E-state index is 0.00354. The zero-order valence-electron chi connectivity index (χ0n) is 40.5. The average molecular weight is 909 g/mol. The molecule has 0 aromatic heterocycles. The Bertz CT molecular complexity index is 2180. The van der Waals surface area contributed by atoms with Gasteiger partial charge < -0.3 is 30.3 Å². The summed E-state index contributed by atoms with van der Waals surface area (Å²) in [5, 5.41) is 33.2. The van der Waals surface area contributed by atoms with Crippen LogP contribution in [0.5, 0.6) is 5.75 Å². The summed E-state index contributed by atoms with van der Waals surface area (Å²) in [5.41, 5.74) is 3.83. The van der Waals surface area contributed by atoms with Crippen LogP contribution in [-0.2, 0) is 29.9 Å². The van der Waals surface area contributed by atoms with Crippen molar-refractivity contribution >= 4 is 39.1 Å². The maximum absolute atomic E-state index is 13.1. The fourth-order valence-corrected chi connectivity index (χ4v) is 10.0. The zero-order chi connectivity index (χ0) is 47.9. The Morgan fingerprint density at radius 2 is 1.58 bits per heavy atom. The van der Waals surface area contributed by atoms with E-state index in [2.05, 4.69) is 67.6 Å². The first-order valence-corrected chi connectivity index (χ1v) is 24.6. The fraction of sp³-hybridized carbons (Fsp3) is 0.627. The molecular formula is C51H78N3O9S+. The van der Waals surface area contributed by atoms with Crippen LogP contribution < -0.4 is 10.2 Å². The number of carboxylic acid groups (broad SMARTS) is 1. The second-order valence-electron chi connectivity index (χ2n) is 21.0. The number of phenols is 1. The molecule has 0 bridgehead atoms. The van der Waals surface area contributed by atoms with E-state index in [4.69, 9.17) is 4.74 Å². The lowest BCUT2D eigenvalue weighted by Crippen LogP contribution is -2.44. The number of phenolic OH excluding ortho intramolecular Hbond substituents is 1. The molecule has 0 saturated carbocycles. The van der Waals surface area contributed by atoms with Gasteiger partial charge in [0.2, 0.25) is 11.6 Å². The molecule has 0 saturated heterocycles. The van der Waals surface area contributed by atoms with Gasteiger partial charge in [0.1, 0.15) is 12.3 Å². The summed E-state index contributed by atoms with van der Waals surface area (Å²) in [6, 6.07) is 10.3. The van der Waals surface area contributed by atoms with Gasteiger partial charge in [-0.3, -0.25) is 14.1 Å². The quantitative estimate of drug-likeness (QED) is 0.0295. The highest BCUT2D eigenvalue weighted by Crippen LogP contribution is 2.50. The van der Waals surface area contributed by atoms with Gasteiger partial charge in [-0.15, -0.1) is 0 Å². The number of anilines is 1. The third-order valence-corrected chi connectivity index (χ3v) is 13.5. The van der Waals surface area contributed by atoms with Crippen LogP contribution in [0.25, 0.3) is 0 Å². The molecular weight excluding hydrogens is 831 g/mol. The Morgan fingerprint density at radius 1 is 0.906 bits per heavy atom. The van der Waals surface area contributed by atoms with Crippen LogP contribution in [0.3, 0.4) is 0 Å².